The number of nitrogens with one attached hydrogen (secondary N) is 2. The second-order valence-electron chi connectivity index (χ2n) is 14.2. The molecule has 1 aliphatic heterocycles. The van der Waals surface area contributed by atoms with Gasteiger partial charge in [0, 0.05) is 50.6 Å². The highest BCUT2D eigenvalue weighted by atomic mass is 35.5. The van der Waals surface area contributed by atoms with Gasteiger partial charge in [-0.05, 0) is 64.6 Å². The first-order chi connectivity index (χ1) is 26.0. The van der Waals surface area contributed by atoms with Crippen molar-refractivity contribution in [3.63, 3.8) is 0 Å². The lowest BCUT2D eigenvalue weighted by molar-refractivity contribution is -0.161. The van der Waals surface area contributed by atoms with Crippen molar-refractivity contribution in [1.82, 2.24) is 25.5 Å². The molecule has 4 aromatic rings. The first-order valence-electron chi connectivity index (χ1n) is 17.7. The molecule has 11 nitrogen and oxygen atoms in total. The van der Waals surface area contributed by atoms with Gasteiger partial charge in [0.05, 0.1) is 23.5 Å². The van der Waals surface area contributed by atoms with E-state index in [9.17, 15) is 19.2 Å². The maximum atomic E-state index is 14.2. The van der Waals surface area contributed by atoms with Gasteiger partial charge in [0.25, 0.3) is 5.91 Å². The highest BCUT2D eigenvalue weighted by molar-refractivity contribution is 6.34. The Bertz CT molecular complexity index is 2190. The zero-order valence-corrected chi connectivity index (χ0v) is 31.5. The Morgan fingerprint density at radius 1 is 1.20 bits per heavy atom. The van der Waals surface area contributed by atoms with Gasteiger partial charge in [-0.25, -0.2) is 9.37 Å². The zero-order valence-electron chi connectivity index (χ0n) is 29.9. The fourth-order valence-corrected chi connectivity index (χ4v) is 7.33. The number of ether oxygens (including phenoxy) is 2. The number of pyridine rings is 1. The minimum absolute atomic E-state index is 0.0566. The first-order valence-corrected chi connectivity index (χ1v) is 18.5. The number of allylic oxidation sites excluding steroid dienone is 2. The lowest BCUT2D eigenvalue weighted by atomic mass is 9.82. The van der Waals surface area contributed by atoms with Crippen LogP contribution in [0, 0.1) is 17.2 Å². The van der Waals surface area contributed by atoms with Crippen LogP contribution in [0.25, 0.3) is 16.7 Å². The summed E-state index contributed by atoms with van der Waals surface area (Å²) in [6.07, 6.45) is 6.29. The van der Waals surface area contributed by atoms with Gasteiger partial charge >= 0.3 is 5.97 Å². The Morgan fingerprint density at radius 2 is 1.98 bits per heavy atom. The number of nitrogens with zero attached hydrogens (tertiary/aromatic N) is 4. The summed E-state index contributed by atoms with van der Waals surface area (Å²) < 4.78 is 30.9. The van der Waals surface area contributed by atoms with Crippen LogP contribution < -0.4 is 10.6 Å². The van der Waals surface area contributed by atoms with Crippen LogP contribution in [-0.2, 0) is 39.5 Å². The molecule has 2 unspecified atom stereocenters. The van der Waals surface area contributed by atoms with Crippen molar-refractivity contribution < 1.29 is 27.9 Å². The molecule has 3 aliphatic rings. The van der Waals surface area contributed by atoms with Crippen LogP contribution in [0.5, 0.6) is 0 Å². The molecule has 0 radical (unpaired) electrons. The number of methoxy groups -OCH3 is 1. The SMILES string of the molecule is COCc1cc(C(=O)NC2(c3nc4cc(CN5CC(OC(=O)C(C)C)C5)cc(C#N)c4o3)C=CC=C(c3ccccc3Cl)C2Cl)ncc1CN[C@@H]1C[C@@H]1F. The molecule has 0 spiro atoms. The van der Waals surface area contributed by atoms with E-state index in [-0.39, 0.29) is 53.4 Å². The summed E-state index contributed by atoms with van der Waals surface area (Å²) in [6.45, 7) is 5.82. The van der Waals surface area contributed by atoms with Gasteiger partial charge in [-0.1, -0.05) is 55.8 Å². The van der Waals surface area contributed by atoms with Crippen LogP contribution in [-0.4, -0.2) is 70.6 Å². The molecule has 1 amide bonds. The predicted molar refractivity (Wildman–Crippen MR) is 201 cm³/mol. The monoisotopic (exact) mass is 772 g/mol. The summed E-state index contributed by atoms with van der Waals surface area (Å²) in [5.74, 6) is -0.940. The van der Waals surface area contributed by atoms with Crippen molar-refractivity contribution in [2.45, 2.75) is 69.2 Å². The van der Waals surface area contributed by atoms with Gasteiger partial charge in [-0.15, -0.1) is 11.6 Å². The third kappa shape index (κ3) is 7.65. The van der Waals surface area contributed by atoms with Crippen LogP contribution in [0.3, 0.4) is 0 Å². The Kier molecular flexibility index (Phi) is 10.9. The first kappa shape index (κ1) is 37.7. The molecular weight excluding hydrogens is 734 g/mol. The largest absolute Gasteiger partial charge is 0.459 e. The second-order valence-corrected chi connectivity index (χ2v) is 15.0. The molecule has 54 heavy (non-hydrogen) atoms. The molecule has 2 N–H and O–H groups in total. The minimum Gasteiger partial charge on any atom is -0.459 e. The number of likely N-dealkylation sites (tertiary alicyclic amines) is 1. The fraction of sp³-hybridized carbons (Fsp3) is 0.375. The molecule has 1 saturated carbocycles. The number of carbonyl (C=O) groups is 2. The van der Waals surface area contributed by atoms with E-state index in [0.717, 1.165) is 11.1 Å². The van der Waals surface area contributed by atoms with E-state index in [0.29, 0.717) is 59.8 Å². The highest BCUT2D eigenvalue weighted by Gasteiger charge is 2.47. The summed E-state index contributed by atoms with van der Waals surface area (Å²) >= 11 is 14.0. The number of nitriles is 1. The molecular formula is C40H39Cl2FN6O5. The number of rotatable bonds is 13. The molecule has 3 heterocycles. The summed E-state index contributed by atoms with van der Waals surface area (Å²) in [7, 11) is 1.55. The van der Waals surface area contributed by atoms with E-state index in [2.05, 4.69) is 26.6 Å². The van der Waals surface area contributed by atoms with Crippen LogP contribution in [0.4, 0.5) is 4.39 Å². The molecule has 2 fully saturated rings. The number of alkyl halides is 2. The molecule has 4 atom stereocenters. The van der Waals surface area contributed by atoms with Crippen molar-refractivity contribution >= 4 is 51.8 Å². The smallest absolute Gasteiger partial charge is 0.308 e. The van der Waals surface area contributed by atoms with Crippen LogP contribution in [0.15, 0.2) is 71.3 Å². The maximum Gasteiger partial charge on any atom is 0.308 e. The molecule has 1 saturated heterocycles. The van der Waals surface area contributed by atoms with E-state index >= 15 is 0 Å². The minimum atomic E-state index is -1.57. The lowest BCUT2D eigenvalue weighted by Crippen LogP contribution is -2.52. The van der Waals surface area contributed by atoms with Gasteiger partial charge in [0.2, 0.25) is 5.89 Å². The van der Waals surface area contributed by atoms with Crippen molar-refractivity contribution in [1.29, 1.82) is 5.26 Å². The number of amides is 1. The number of oxazole rings is 1. The topological polar surface area (TPSA) is 143 Å². The van der Waals surface area contributed by atoms with Crippen molar-refractivity contribution in [3.05, 3.63) is 111 Å². The molecule has 2 aromatic carbocycles. The van der Waals surface area contributed by atoms with Crippen molar-refractivity contribution in [2.75, 3.05) is 20.2 Å². The van der Waals surface area contributed by atoms with Gasteiger partial charge in [0.1, 0.15) is 29.6 Å². The Labute approximate surface area is 322 Å². The summed E-state index contributed by atoms with van der Waals surface area (Å²) in [4.78, 5) is 37.7. The van der Waals surface area contributed by atoms with E-state index in [1.807, 2.05) is 30.3 Å². The van der Waals surface area contributed by atoms with Gasteiger partial charge in [-0.2, -0.15) is 5.26 Å². The number of esters is 1. The van der Waals surface area contributed by atoms with E-state index < -0.39 is 23.0 Å². The van der Waals surface area contributed by atoms with Crippen LogP contribution in [0.2, 0.25) is 5.02 Å². The van der Waals surface area contributed by atoms with Crippen molar-refractivity contribution in [2.24, 2.45) is 5.92 Å². The van der Waals surface area contributed by atoms with E-state index in [4.69, 9.17) is 42.1 Å². The quantitative estimate of drug-likeness (QED) is 0.116. The molecule has 2 aromatic heterocycles. The number of hydrogen-bond donors (Lipinski definition) is 2. The van der Waals surface area contributed by atoms with E-state index in [1.54, 1.807) is 57.5 Å². The fourth-order valence-electron chi connectivity index (χ4n) is 6.67. The highest BCUT2D eigenvalue weighted by Crippen LogP contribution is 2.44. The molecule has 14 heteroatoms. The van der Waals surface area contributed by atoms with E-state index in [1.165, 1.54) is 0 Å². The summed E-state index contributed by atoms with van der Waals surface area (Å²) in [5, 5.41) is 15.9. The van der Waals surface area contributed by atoms with Gasteiger partial charge < -0.3 is 24.5 Å². The molecule has 7 rings (SSSR count). The number of aromatic nitrogens is 2. The average Bonchev–Trinajstić information content (AvgIpc) is 3.67. The molecule has 2 aliphatic carbocycles. The molecule has 0 bridgehead atoms. The number of fused-ring (bicyclic) bond motifs is 1. The Morgan fingerprint density at radius 3 is 2.69 bits per heavy atom. The number of benzene rings is 2. The van der Waals surface area contributed by atoms with Gasteiger partial charge in [0.15, 0.2) is 11.1 Å². The zero-order chi connectivity index (χ0) is 38.1. The normalized spacial score (nSPS) is 22.5. The summed E-state index contributed by atoms with van der Waals surface area (Å²) in [5.41, 5.74) is 3.03. The predicted octanol–water partition coefficient (Wildman–Crippen LogP) is 6.36. The van der Waals surface area contributed by atoms with Crippen LogP contribution in [0.1, 0.15) is 64.5 Å². The third-order valence-corrected chi connectivity index (χ3v) is 10.7. The molecule has 280 valence electrons. The second kappa shape index (κ2) is 15.6. The Balaban J connectivity index is 1.22. The summed E-state index contributed by atoms with van der Waals surface area (Å²) in [6, 6.07) is 14.5. The standard InChI is InChI=1S/C40H39Cl2FN6O5/c1-22(2)38(51)53-27-19-49(20-27)18-23-11-24(15-44)35-33(12-23)47-39(54-35)40(10-6-8-29(36(40)42)28-7-4-5-9-30(28)41)48-37(50)34-13-25(21-52-3)26(17-46-34)16-45-32-14-31(32)43/h4-13,17,22,27,31-32,36,45H,14,16,18-21H2,1-3H3,(H,48,50)/t31-,32+,36?,40?/m0/s1. The van der Waals surface area contributed by atoms with Gasteiger partial charge in [-0.3, -0.25) is 19.5 Å². The van der Waals surface area contributed by atoms with Crippen LogP contribution >= 0.6 is 23.2 Å². The van der Waals surface area contributed by atoms with Crippen molar-refractivity contribution in [3.8, 4) is 6.07 Å². The number of hydrogen-bond acceptors (Lipinski definition) is 10. The number of carbonyl (C=O) groups excluding carboxylic acids is 2. The lowest BCUT2D eigenvalue weighted by Gasteiger charge is -2.38. The Hall–Kier alpha value is -4.64. The number of halogens is 3. The average molecular weight is 774 g/mol. The third-order valence-electron chi connectivity index (χ3n) is 9.80. The maximum absolute atomic E-state index is 14.2.